The second-order valence-corrected chi connectivity index (χ2v) is 4.58. The van der Waals surface area contributed by atoms with Crippen molar-refractivity contribution in [2.45, 2.75) is 26.9 Å². The number of pyridine rings is 1. The topological polar surface area (TPSA) is 78.7 Å². The van der Waals surface area contributed by atoms with E-state index in [0.29, 0.717) is 18.7 Å². The smallest absolute Gasteiger partial charge is 0.261 e. The van der Waals surface area contributed by atoms with Crippen LogP contribution in [0.2, 0.25) is 0 Å². The van der Waals surface area contributed by atoms with Crippen LogP contribution in [0.15, 0.2) is 23.3 Å². The van der Waals surface area contributed by atoms with Crippen LogP contribution in [0.25, 0.3) is 0 Å². The lowest BCUT2D eigenvalue weighted by Gasteiger charge is -2.11. The summed E-state index contributed by atoms with van der Waals surface area (Å²) in [6, 6.07) is 3.48. The average Bonchev–Trinajstić information content (AvgIpc) is 2.81. The predicted molar refractivity (Wildman–Crippen MR) is 76.1 cm³/mol. The van der Waals surface area contributed by atoms with E-state index in [1.54, 1.807) is 15.3 Å². The molecule has 6 nitrogen and oxygen atoms in total. The van der Waals surface area contributed by atoms with Gasteiger partial charge in [0.15, 0.2) is 0 Å². The molecule has 0 unspecified atom stereocenters. The lowest BCUT2D eigenvalue weighted by Crippen LogP contribution is -2.31. The molecule has 0 aliphatic carbocycles. The van der Waals surface area contributed by atoms with E-state index in [4.69, 9.17) is 18.0 Å². The second kappa shape index (κ2) is 5.31. The van der Waals surface area contributed by atoms with E-state index in [9.17, 15) is 4.79 Å². The summed E-state index contributed by atoms with van der Waals surface area (Å²) in [4.78, 5) is 16.6. The number of aromatic nitrogens is 4. The van der Waals surface area contributed by atoms with Gasteiger partial charge in [0.25, 0.3) is 5.56 Å². The monoisotopic (exact) mass is 277 g/mol. The summed E-state index contributed by atoms with van der Waals surface area (Å²) in [5.41, 5.74) is 6.53. The van der Waals surface area contributed by atoms with Crippen LogP contribution in [0, 0.1) is 6.92 Å². The van der Waals surface area contributed by atoms with Crippen molar-refractivity contribution in [3.05, 3.63) is 45.9 Å². The molecule has 0 bridgehead atoms. The molecule has 7 heteroatoms. The SMILES string of the molecule is CCn1ncnc1Cn1c(C)ccc(C(N)=S)c1=O. The maximum atomic E-state index is 12.3. The first-order valence-corrected chi connectivity index (χ1v) is 6.32. The molecule has 0 atom stereocenters. The minimum atomic E-state index is -0.196. The van der Waals surface area contributed by atoms with Gasteiger partial charge in [0.2, 0.25) is 0 Å². The summed E-state index contributed by atoms with van der Waals surface area (Å²) < 4.78 is 3.35. The van der Waals surface area contributed by atoms with Crippen LogP contribution in [-0.2, 0) is 13.1 Å². The van der Waals surface area contributed by atoms with E-state index in [-0.39, 0.29) is 10.5 Å². The van der Waals surface area contributed by atoms with Gasteiger partial charge in [0.05, 0.1) is 12.1 Å². The zero-order chi connectivity index (χ0) is 14.0. The zero-order valence-electron chi connectivity index (χ0n) is 10.8. The Hall–Kier alpha value is -2.02. The van der Waals surface area contributed by atoms with Gasteiger partial charge in [-0.25, -0.2) is 9.67 Å². The van der Waals surface area contributed by atoms with Crippen LogP contribution in [0.4, 0.5) is 0 Å². The Morgan fingerprint density at radius 3 is 2.84 bits per heavy atom. The molecule has 0 aliphatic heterocycles. The molecule has 0 amide bonds. The number of rotatable bonds is 4. The molecular formula is C12H15N5OS. The fourth-order valence-electron chi connectivity index (χ4n) is 1.87. The van der Waals surface area contributed by atoms with Gasteiger partial charge in [0.1, 0.15) is 17.1 Å². The van der Waals surface area contributed by atoms with E-state index in [0.717, 1.165) is 11.5 Å². The third-order valence-corrected chi connectivity index (χ3v) is 3.17. The highest BCUT2D eigenvalue weighted by molar-refractivity contribution is 7.80. The second-order valence-electron chi connectivity index (χ2n) is 4.14. The van der Waals surface area contributed by atoms with Gasteiger partial charge in [-0.2, -0.15) is 5.10 Å². The first kappa shape index (κ1) is 13.4. The fourth-order valence-corrected chi connectivity index (χ4v) is 2.03. The summed E-state index contributed by atoms with van der Waals surface area (Å²) in [6.45, 7) is 4.89. The highest BCUT2D eigenvalue weighted by atomic mass is 32.1. The Morgan fingerprint density at radius 1 is 1.47 bits per heavy atom. The molecule has 0 spiro atoms. The van der Waals surface area contributed by atoms with E-state index in [2.05, 4.69) is 10.1 Å². The number of nitrogens with zero attached hydrogens (tertiary/aromatic N) is 4. The first-order chi connectivity index (χ1) is 9.04. The maximum absolute atomic E-state index is 12.3. The molecule has 2 aromatic rings. The van der Waals surface area contributed by atoms with Crippen molar-refractivity contribution >= 4 is 17.2 Å². The van der Waals surface area contributed by atoms with E-state index >= 15 is 0 Å². The van der Waals surface area contributed by atoms with Gasteiger partial charge in [-0.3, -0.25) is 4.79 Å². The third kappa shape index (κ3) is 2.55. The van der Waals surface area contributed by atoms with Crippen LogP contribution >= 0.6 is 12.2 Å². The molecule has 2 N–H and O–H groups in total. The Morgan fingerprint density at radius 2 is 2.21 bits per heavy atom. The van der Waals surface area contributed by atoms with E-state index in [1.165, 1.54) is 6.33 Å². The number of hydrogen-bond acceptors (Lipinski definition) is 4. The molecule has 0 fully saturated rings. The Labute approximate surface area is 115 Å². The Kier molecular flexibility index (Phi) is 3.75. The Balaban J connectivity index is 2.48. The molecule has 0 radical (unpaired) electrons. The minimum Gasteiger partial charge on any atom is -0.389 e. The first-order valence-electron chi connectivity index (χ1n) is 5.91. The third-order valence-electron chi connectivity index (χ3n) is 2.95. The standard InChI is InChI=1S/C12H15N5OS/c1-3-17-10(14-7-15-17)6-16-8(2)4-5-9(11(13)19)12(16)18/h4-5,7H,3,6H2,1-2H3,(H2,13,19). The molecule has 100 valence electrons. The molecule has 2 heterocycles. The quantitative estimate of drug-likeness (QED) is 0.821. The van der Waals surface area contributed by atoms with Gasteiger partial charge >= 0.3 is 0 Å². The van der Waals surface area contributed by atoms with E-state index < -0.39 is 0 Å². The van der Waals surface area contributed by atoms with Gasteiger partial charge in [-0.05, 0) is 26.0 Å². The number of nitrogens with two attached hydrogens (primary N) is 1. The number of aryl methyl sites for hydroxylation is 2. The molecule has 2 rings (SSSR count). The fraction of sp³-hybridized carbons (Fsp3) is 0.333. The molecule has 0 aromatic carbocycles. The van der Waals surface area contributed by atoms with Gasteiger partial charge in [-0.15, -0.1) is 0 Å². The van der Waals surface area contributed by atoms with Crippen molar-refractivity contribution < 1.29 is 0 Å². The van der Waals surface area contributed by atoms with Crippen molar-refractivity contribution in [3.8, 4) is 0 Å². The van der Waals surface area contributed by atoms with Crippen LogP contribution in [0.1, 0.15) is 24.0 Å². The Bertz CT molecular complexity index is 673. The molecular weight excluding hydrogens is 262 g/mol. The minimum absolute atomic E-state index is 0.107. The predicted octanol–water partition coefficient (Wildman–Crippen LogP) is 0.451. The van der Waals surface area contributed by atoms with Crippen molar-refractivity contribution in [1.29, 1.82) is 0 Å². The summed E-state index contributed by atoms with van der Waals surface area (Å²) in [7, 11) is 0. The maximum Gasteiger partial charge on any atom is 0.261 e. The van der Waals surface area contributed by atoms with Crippen molar-refractivity contribution in [3.63, 3.8) is 0 Å². The van der Waals surface area contributed by atoms with Crippen molar-refractivity contribution in [1.82, 2.24) is 19.3 Å². The van der Waals surface area contributed by atoms with Crippen LogP contribution in [0.5, 0.6) is 0 Å². The number of hydrogen-bond donors (Lipinski definition) is 1. The van der Waals surface area contributed by atoms with Crippen LogP contribution in [0.3, 0.4) is 0 Å². The highest BCUT2D eigenvalue weighted by Gasteiger charge is 2.11. The molecule has 19 heavy (non-hydrogen) atoms. The van der Waals surface area contributed by atoms with Crippen LogP contribution < -0.4 is 11.3 Å². The van der Waals surface area contributed by atoms with E-state index in [1.807, 2.05) is 19.9 Å². The molecule has 0 saturated heterocycles. The zero-order valence-corrected chi connectivity index (χ0v) is 11.6. The van der Waals surface area contributed by atoms with Gasteiger partial charge in [0, 0.05) is 12.2 Å². The number of thiocarbonyl (C=S) groups is 1. The normalized spacial score (nSPS) is 10.6. The summed E-state index contributed by atoms with van der Waals surface area (Å²) in [6.07, 6.45) is 1.48. The molecule has 0 aliphatic rings. The van der Waals surface area contributed by atoms with Crippen LogP contribution in [-0.4, -0.2) is 24.3 Å². The summed E-state index contributed by atoms with van der Waals surface area (Å²) >= 11 is 4.88. The average molecular weight is 277 g/mol. The lowest BCUT2D eigenvalue weighted by molar-refractivity contribution is 0.580. The van der Waals surface area contributed by atoms with Gasteiger partial charge in [-0.1, -0.05) is 12.2 Å². The highest BCUT2D eigenvalue weighted by Crippen LogP contribution is 2.03. The largest absolute Gasteiger partial charge is 0.389 e. The van der Waals surface area contributed by atoms with Gasteiger partial charge < -0.3 is 10.3 Å². The summed E-state index contributed by atoms with van der Waals surface area (Å²) in [5, 5.41) is 4.09. The van der Waals surface area contributed by atoms with Crippen molar-refractivity contribution in [2.75, 3.05) is 0 Å². The lowest BCUT2D eigenvalue weighted by atomic mass is 10.2. The summed E-state index contributed by atoms with van der Waals surface area (Å²) in [5.74, 6) is 0.729. The molecule has 2 aromatic heterocycles. The van der Waals surface area contributed by atoms with Crippen molar-refractivity contribution in [2.24, 2.45) is 5.73 Å². The molecule has 0 saturated carbocycles.